The minimum atomic E-state index is -0.654. The first-order valence-electron chi connectivity index (χ1n) is 11.0. The Hall–Kier alpha value is -2.97. The van der Waals surface area contributed by atoms with Crippen molar-refractivity contribution in [2.45, 2.75) is 58.7 Å². The lowest BCUT2D eigenvalue weighted by atomic mass is 9.96. The first kappa shape index (κ1) is 25.3. The van der Waals surface area contributed by atoms with Gasteiger partial charge in [-0.1, -0.05) is 0 Å². The molecule has 1 unspecified atom stereocenters. The Balaban J connectivity index is 1.62. The highest BCUT2D eigenvalue weighted by Crippen LogP contribution is 2.19. The van der Waals surface area contributed by atoms with Gasteiger partial charge in [0, 0.05) is 32.6 Å². The van der Waals surface area contributed by atoms with E-state index >= 15 is 0 Å². The largest absolute Gasteiger partial charge is 0.508 e. The van der Waals surface area contributed by atoms with E-state index in [-0.39, 0.29) is 30.5 Å². The minimum absolute atomic E-state index is 0.000496. The van der Waals surface area contributed by atoms with Crippen LogP contribution in [0.25, 0.3) is 0 Å². The Labute approximate surface area is 189 Å². The summed E-state index contributed by atoms with van der Waals surface area (Å²) < 4.78 is 10.7. The third-order valence-electron chi connectivity index (χ3n) is 5.06. The maximum atomic E-state index is 12.4. The van der Waals surface area contributed by atoms with Gasteiger partial charge < -0.3 is 30.1 Å². The van der Waals surface area contributed by atoms with Crippen molar-refractivity contribution in [1.29, 1.82) is 0 Å². The predicted molar refractivity (Wildman–Crippen MR) is 119 cm³/mol. The molecule has 1 atom stereocenters. The number of alkyl carbamates (subject to hydrolysis) is 1. The van der Waals surface area contributed by atoms with Crippen molar-refractivity contribution in [1.82, 2.24) is 15.5 Å². The summed E-state index contributed by atoms with van der Waals surface area (Å²) >= 11 is 0. The zero-order chi connectivity index (χ0) is 23.7. The van der Waals surface area contributed by atoms with Crippen LogP contribution in [0.5, 0.6) is 11.5 Å². The van der Waals surface area contributed by atoms with Gasteiger partial charge in [-0.25, -0.2) is 4.79 Å². The number of nitrogens with zero attached hydrogens (tertiary/aromatic N) is 1. The number of piperidine rings is 1. The van der Waals surface area contributed by atoms with Gasteiger partial charge >= 0.3 is 6.09 Å². The third kappa shape index (κ3) is 9.03. The van der Waals surface area contributed by atoms with Crippen LogP contribution in [0.4, 0.5) is 4.79 Å². The number of phenols is 1. The summed E-state index contributed by atoms with van der Waals surface area (Å²) in [7, 11) is 0. The summed E-state index contributed by atoms with van der Waals surface area (Å²) in [6.07, 6.45) is 0.659. The number of aromatic hydroxyl groups is 1. The minimum Gasteiger partial charge on any atom is -0.508 e. The molecule has 2 rings (SSSR count). The van der Waals surface area contributed by atoms with Crippen molar-refractivity contribution in [2.75, 3.05) is 26.2 Å². The van der Waals surface area contributed by atoms with Crippen LogP contribution in [0.1, 0.15) is 47.0 Å². The Kier molecular flexibility index (Phi) is 9.16. The molecule has 3 N–H and O–H groups in total. The second-order valence-electron chi connectivity index (χ2n) is 9.00. The van der Waals surface area contributed by atoms with Crippen LogP contribution >= 0.6 is 0 Å². The smallest absolute Gasteiger partial charge is 0.407 e. The van der Waals surface area contributed by atoms with Gasteiger partial charge in [-0.2, -0.15) is 0 Å². The highest BCUT2D eigenvalue weighted by molar-refractivity contribution is 5.80. The van der Waals surface area contributed by atoms with E-state index in [9.17, 15) is 19.5 Å². The van der Waals surface area contributed by atoms with Gasteiger partial charge in [0.15, 0.2) is 6.10 Å². The van der Waals surface area contributed by atoms with Crippen LogP contribution in [-0.4, -0.2) is 65.8 Å². The summed E-state index contributed by atoms with van der Waals surface area (Å²) in [5.74, 6) is 0.741. The number of benzene rings is 1. The molecular formula is C23H35N3O6. The molecule has 0 radical (unpaired) electrons. The van der Waals surface area contributed by atoms with Crippen LogP contribution in [0, 0.1) is 5.92 Å². The van der Waals surface area contributed by atoms with Crippen molar-refractivity contribution in [3.8, 4) is 11.5 Å². The van der Waals surface area contributed by atoms with Gasteiger partial charge in [-0.3, -0.25) is 9.59 Å². The monoisotopic (exact) mass is 449 g/mol. The van der Waals surface area contributed by atoms with Gasteiger partial charge in [-0.05, 0) is 70.7 Å². The molecule has 32 heavy (non-hydrogen) atoms. The molecule has 178 valence electrons. The number of carbonyl (C=O) groups excluding carboxylic acids is 3. The molecule has 0 aliphatic carbocycles. The first-order valence-corrected chi connectivity index (χ1v) is 11.0. The SMILES string of the molecule is CC(Oc1ccc(O)cc1)C(=O)NCC1CCN(C(=O)CCNC(=O)OC(C)(C)C)CC1. The Morgan fingerprint density at radius 2 is 1.75 bits per heavy atom. The van der Waals surface area contributed by atoms with Crippen LogP contribution in [-0.2, 0) is 14.3 Å². The molecule has 0 spiro atoms. The molecule has 1 aromatic rings. The van der Waals surface area contributed by atoms with Crippen molar-refractivity contribution >= 4 is 17.9 Å². The number of rotatable bonds is 8. The second-order valence-corrected chi connectivity index (χ2v) is 9.00. The van der Waals surface area contributed by atoms with Gasteiger partial charge in [0.1, 0.15) is 17.1 Å². The van der Waals surface area contributed by atoms with E-state index in [1.54, 1.807) is 44.7 Å². The summed E-state index contributed by atoms with van der Waals surface area (Å²) in [5, 5.41) is 14.8. The average molecular weight is 450 g/mol. The van der Waals surface area contributed by atoms with E-state index in [1.807, 2.05) is 0 Å². The number of amides is 3. The Morgan fingerprint density at radius 1 is 1.12 bits per heavy atom. The molecule has 0 aromatic heterocycles. The molecule has 3 amide bonds. The molecular weight excluding hydrogens is 414 g/mol. The molecule has 1 heterocycles. The van der Waals surface area contributed by atoms with Crippen molar-refractivity contribution in [3.63, 3.8) is 0 Å². The summed E-state index contributed by atoms with van der Waals surface area (Å²) in [5.41, 5.74) is -0.569. The number of hydrogen-bond acceptors (Lipinski definition) is 6. The molecule has 0 saturated carbocycles. The topological polar surface area (TPSA) is 117 Å². The summed E-state index contributed by atoms with van der Waals surface area (Å²) in [4.78, 5) is 38.1. The lowest BCUT2D eigenvalue weighted by Gasteiger charge is -2.32. The maximum Gasteiger partial charge on any atom is 0.407 e. The molecule has 1 aliphatic rings. The van der Waals surface area contributed by atoms with E-state index in [4.69, 9.17) is 9.47 Å². The molecule has 1 aliphatic heterocycles. The molecule has 0 bridgehead atoms. The number of hydrogen-bond donors (Lipinski definition) is 3. The van der Waals surface area contributed by atoms with Crippen molar-refractivity contribution in [3.05, 3.63) is 24.3 Å². The van der Waals surface area contributed by atoms with Gasteiger partial charge in [0.2, 0.25) is 5.91 Å². The highest BCUT2D eigenvalue weighted by Gasteiger charge is 2.24. The average Bonchev–Trinajstić information content (AvgIpc) is 2.72. The lowest BCUT2D eigenvalue weighted by Crippen LogP contribution is -2.44. The van der Waals surface area contributed by atoms with Gasteiger partial charge in [-0.15, -0.1) is 0 Å². The molecule has 1 fully saturated rings. The van der Waals surface area contributed by atoms with Gasteiger partial charge in [0.25, 0.3) is 5.91 Å². The quantitative estimate of drug-likeness (QED) is 0.561. The molecule has 9 heteroatoms. The fourth-order valence-corrected chi connectivity index (χ4v) is 3.30. The third-order valence-corrected chi connectivity index (χ3v) is 5.06. The number of ether oxygens (including phenoxy) is 2. The predicted octanol–water partition coefficient (Wildman–Crippen LogP) is 2.43. The molecule has 1 aromatic carbocycles. The van der Waals surface area contributed by atoms with Gasteiger partial charge in [0.05, 0.1) is 0 Å². The van der Waals surface area contributed by atoms with E-state index in [0.29, 0.717) is 31.3 Å². The zero-order valence-electron chi connectivity index (χ0n) is 19.3. The second kappa shape index (κ2) is 11.6. The number of phenolic OH excluding ortho intramolecular Hbond substituents is 1. The van der Waals surface area contributed by atoms with E-state index in [1.165, 1.54) is 12.1 Å². The summed E-state index contributed by atoms with van der Waals surface area (Å²) in [6.45, 7) is 9.06. The van der Waals surface area contributed by atoms with E-state index in [0.717, 1.165) is 12.8 Å². The fourth-order valence-electron chi connectivity index (χ4n) is 3.30. The maximum absolute atomic E-state index is 12.4. The van der Waals surface area contributed by atoms with Crippen molar-refractivity contribution in [2.24, 2.45) is 5.92 Å². The number of carbonyl (C=O) groups is 3. The Morgan fingerprint density at radius 3 is 2.34 bits per heavy atom. The summed E-state index contributed by atoms with van der Waals surface area (Å²) in [6, 6.07) is 6.22. The standard InChI is InChI=1S/C23H35N3O6/c1-16(31-19-7-5-18(27)6-8-19)21(29)25-15-17-10-13-26(14-11-17)20(28)9-12-24-22(30)32-23(2,3)4/h5-8,16-17,27H,9-15H2,1-4H3,(H,24,30)(H,25,29). The van der Waals surface area contributed by atoms with Crippen LogP contribution in [0.2, 0.25) is 0 Å². The highest BCUT2D eigenvalue weighted by atomic mass is 16.6. The van der Waals surface area contributed by atoms with E-state index < -0.39 is 17.8 Å². The van der Waals surface area contributed by atoms with Crippen LogP contribution < -0.4 is 15.4 Å². The van der Waals surface area contributed by atoms with Crippen LogP contribution in [0.3, 0.4) is 0 Å². The molecule has 9 nitrogen and oxygen atoms in total. The lowest BCUT2D eigenvalue weighted by molar-refractivity contribution is -0.133. The fraction of sp³-hybridized carbons (Fsp3) is 0.609. The van der Waals surface area contributed by atoms with E-state index in [2.05, 4.69) is 10.6 Å². The molecule has 1 saturated heterocycles. The van der Waals surface area contributed by atoms with Crippen molar-refractivity contribution < 1.29 is 29.0 Å². The zero-order valence-corrected chi connectivity index (χ0v) is 19.3. The normalized spacial score (nSPS) is 15.6. The number of likely N-dealkylation sites (tertiary alicyclic amines) is 1. The Bertz CT molecular complexity index is 767. The van der Waals surface area contributed by atoms with Crippen LogP contribution in [0.15, 0.2) is 24.3 Å². The number of nitrogens with one attached hydrogen (secondary N) is 2. The first-order chi connectivity index (χ1) is 15.0.